The highest BCUT2D eigenvalue weighted by Crippen LogP contribution is 2.41. The normalized spacial score (nSPS) is 23.7. The van der Waals surface area contributed by atoms with Crippen molar-refractivity contribution < 1.29 is 17.9 Å². The van der Waals surface area contributed by atoms with E-state index in [9.17, 15) is 13.2 Å². The van der Waals surface area contributed by atoms with Crippen LogP contribution in [-0.4, -0.2) is 43.9 Å². The first-order valence-electron chi connectivity index (χ1n) is 10.5. The number of benzene rings is 2. The summed E-state index contributed by atoms with van der Waals surface area (Å²) in [6, 6.07) is 16.2. The molecule has 1 aliphatic carbocycles. The average molecular weight is 429 g/mol. The predicted molar refractivity (Wildman–Crippen MR) is 115 cm³/mol. The molecule has 0 radical (unpaired) electrons. The van der Waals surface area contributed by atoms with Gasteiger partial charge in [0, 0.05) is 18.7 Å². The summed E-state index contributed by atoms with van der Waals surface area (Å²) in [5.74, 6) is 0.177. The molecule has 6 nitrogen and oxygen atoms in total. The Labute approximate surface area is 178 Å². The van der Waals surface area contributed by atoms with Crippen LogP contribution in [0.4, 0.5) is 0 Å². The van der Waals surface area contributed by atoms with Gasteiger partial charge < -0.3 is 10.1 Å². The number of morpholine rings is 1. The predicted octanol–water partition coefficient (Wildman–Crippen LogP) is 3.37. The van der Waals surface area contributed by atoms with Crippen molar-refractivity contribution in [3.05, 3.63) is 65.7 Å². The fourth-order valence-corrected chi connectivity index (χ4v) is 5.70. The first-order chi connectivity index (χ1) is 14.3. The monoisotopic (exact) mass is 428 g/mol. The summed E-state index contributed by atoms with van der Waals surface area (Å²) in [4.78, 5) is 13.1. The lowest BCUT2D eigenvalue weighted by Gasteiger charge is -2.34. The molecule has 160 valence electrons. The number of carbonyl (C=O) groups is 1. The third-order valence-electron chi connectivity index (χ3n) is 5.66. The largest absolute Gasteiger partial charge is 0.373 e. The molecule has 0 bridgehead atoms. The molecule has 2 aromatic carbocycles. The van der Waals surface area contributed by atoms with Gasteiger partial charge in [0.1, 0.15) is 0 Å². The van der Waals surface area contributed by atoms with E-state index in [4.69, 9.17) is 4.74 Å². The maximum Gasteiger partial charge on any atom is 0.251 e. The Kier molecular flexibility index (Phi) is 5.95. The molecule has 1 N–H and O–H groups in total. The topological polar surface area (TPSA) is 75.7 Å². The fraction of sp³-hybridized carbons (Fsp3) is 0.435. The maximum atomic E-state index is 13.2. The van der Waals surface area contributed by atoms with Gasteiger partial charge in [-0.25, -0.2) is 8.42 Å². The number of carbonyl (C=O) groups excluding carboxylic acids is 1. The van der Waals surface area contributed by atoms with Gasteiger partial charge in [-0.1, -0.05) is 36.4 Å². The minimum absolute atomic E-state index is 0.0556. The highest BCUT2D eigenvalue weighted by molar-refractivity contribution is 7.89. The van der Waals surface area contributed by atoms with E-state index < -0.39 is 10.0 Å². The van der Waals surface area contributed by atoms with Gasteiger partial charge in [-0.2, -0.15) is 4.31 Å². The second-order valence-corrected chi connectivity index (χ2v) is 10.2. The van der Waals surface area contributed by atoms with Crippen molar-refractivity contribution in [1.82, 2.24) is 9.62 Å². The number of rotatable bonds is 6. The van der Waals surface area contributed by atoms with Crippen molar-refractivity contribution in [3.8, 4) is 0 Å². The molecule has 2 aromatic rings. The minimum Gasteiger partial charge on any atom is -0.373 e. The number of sulfonamides is 1. The van der Waals surface area contributed by atoms with Crippen LogP contribution in [0.3, 0.4) is 0 Å². The fourth-order valence-electron chi connectivity index (χ4n) is 4.06. The molecule has 1 heterocycles. The molecule has 0 aromatic heterocycles. The molecule has 4 rings (SSSR count). The highest BCUT2D eigenvalue weighted by Gasteiger charge is 2.35. The molecular weight excluding hydrogens is 400 g/mol. The van der Waals surface area contributed by atoms with E-state index in [1.165, 1.54) is 10.4 Å². The Balaban J connectivity index is 1.54. The molecule has 2 fully saturated rings. The van der Waals surface area contributed by atoms with E-state index >= 15 is 0 Å². The van der Waals surface area contributed by atoms with Gasteiger partial charge in [0.05, 0.1) is 23.1 Å². The Morgan fingerprint density at radius 3 is 2.33 bits per heavy atom. The smallest absolute Gasteiger partial charge is 0.251 e. The molecule has 7 heteroatoms. The number of nitrogens with zero attached hydrogens (tertiary/aromatic N) is 1. The Morgan fingerprint density at radius 2 is 1.70 bits per heavy atom. The number of hydrogen-bond acceptors (Lipinski definition) is 4. The summed E-state index contributed by atoms with van der Waals surface area (Å²) < 4.78 is 33.4. The quantitative estimate of drug-likeness (QED) is 0.766. The van der Waals surface area contributed by atoms with Crippen LogP contribution in [0.2, 0.25) is 0 Å². The van der Waals surface area contributed by atoms with Crippen LogP contribution in [-0.2, 0) is 14.8 Å². The van der Waals surface area contributed by atoms with E-state index in [1.54, 1.807) is 18.2 Å². The average Bonchev–Trinajstić information content (AvgIpc) is 3.57. The highest BCUT2D eigenvalue weighted by atomic mass is 32.2. The zero-order valence-corrected chi connectivity index (χ0v) is 18.1. The van der Waals surface area contributed by atoms with Gasteiger partial charge in [0.2, 0.25) is 10.0 Å². The summed E-state index contributed by atoms with van der Waals surface area (Å²) in [6.07, 6.45) is 1.84. The lowest BCUT2D eigenvalue weighted by atomic mass is 10.0. The number of nitrogens with one attached hydrogen (secondary N) is 1. The van der Waals surface area contributed by atoms with Crippen LogP contribution < -0.4 is 5.32 Å². The molecule has 30 heavy (non-hydrogen) atoms. The third-order valence-corrected chi connectivity index (χ3v) is 7.49. The van der Waals surface area contributed by atoms with Gasteiger partial charge in [-0.3, -0.25) is 4.79 Å². The van der Waals surface area contributed by atoms with Crippen molar-refractivity contribution in [2.45, 2.75) is 49.8 Å². The summed E-state index contributed by atoms with van der Waals surface area (Å²) in [5.41, 5.74) is 1.43. The second kappa shape index (κ2) is 8.49. The van der Waals surface area contributed by atoms with Crippen molar-refractivity contribution in [2.24, 2.45) is 5.92 Å². The van der Waals surface area contributed by atoms with Crippen molar-refractivity contribution in [2.75, 3.05) is 13.1 Å². The van der Waals surface area contributed by atoms with Gasteiger partial charge >= 0.3 is 0 Å². The Bertz CT molecular complexity index is 995. The first-order valence-corrected chi connectivity index (χ1v) is 11.9. The number of amides is 1. The molecule has 0 spiro atoms. The number of ether oxygens (including phenoxy) is 1. The SMILES string of the molecule is CC1CN(S(=O)(=O)c2cccc(C(=O)NC(c3ccccc3)C3CC3)c2)CC(C)O1. The first kappa shape index (κ1) is 21.0. The van der Waals surface area contributed by atoms with Gasteiger partial charge in [0.25, 0.3) is 5.91 Å². The minimum atomic E-state index is -3.70. The zero-order chi connectivity index (χ0) is 21.3. The number of hydrogen-bond donors (Lipinski definition) is 1. The molecule has 1 saturated heterocycles. The van der Waals surface area contributed by atoms with Crippen LogP contribution in [0.15, 0.2) is 59.5 Å². The van der Waals surface area contributed by atoms with Crippen LogP contribution in [0.1, 0.15) is 48.7 Å². The lowest BCUT2D eigenvalue weighted by Crippen LogP contribution is -2.48. The molecule has 1 amide bonds. The summed E-state index contributed by atoms with van der Waals surface area (Å²) >= 11 is 0. The van der Waals surface area contributed by atoms with Crippen molar-refractivity contribution in [3.63, 3.8) is 0 Å². The summed E-state index contributed by atoms with van der Waals surface area (Å²) in [6.45, 7) is 4.34. The third kappa shape index (κ3) is 4.58. The van der Waals surface area contributed by atoms with E-state index in [2.05, 4.69) is 5.32 Å². The van der Waals surface area contributed by atoms with E-state index in [1.807, 2.05) is 44.2 Å². The lowest BCUT2D eigenvalue weighted by molar-refractivity contribution is -0.0440. The van der Waals surface area contributed by atoms with Gasteiger partial charge in [-0.05, 0) is 56.4 Å². The van der Waals surface area contributed by atoms with Gasteiger partial charge in [-0.15, -0.1) is 0 Å². The van der Waals surface area contributed by atoms with E-state index in [0.717, 1.165) is 18.4 Å². The van der Waals surface area contributed by atoms with E-state index in [-0.39, 0.29) is 29.1 Å². The van der Waals surface area contributed by atoms with Crippen molar-refractivity contribution >= 4 is 15.9 Å². The molecule has 3 unspecified atom stereocenters. The van der Waals surface area contributed by atoms with Crippen LogP contribution in [0.5, 0.6) is 0 Å². The molecule has 3 atom stereocenters. The van der Waals surface area contributed by atoms with Crippen LogP contribution in [0, 0.1) is 5.92 Å². The molecule has 2 aliphatic rings. The van der Waals surface area contributed by atoms with E-state index in [0.29, 0.717) is 24.6 Å². The van der Waals surface area contributed by atoms with Gasteiger partial charge in [0.15, 0.2) is 0 Å². The summed E-state index contributed by atoms with van der Waals surface area (Å²) in [7, 11) is -3.70. The van der Waals surface area contributed by atoms with Crippen molar-refractivity contribution in [1.29, 1.82) is 0 Å². The standard InChI is InChI=1S/C23H28N2O4S/c1-16-14-25(15-17(2)29-16)30(27,28)21-10-6-9-20(13-21)23(26)24-22(19-11-12-19)18-7-4-3-5-8-18/h3-10,13,16-17,19,22H,11-12,14-15H2,1-2H3,(H,24,26). The van der Waals surface area contributed by atoms with Crippen LogP contribution >= 0.6 is 0 Å². The second-order valence-electron chi connectivity index (χ2n) is 8.31. The van der Waals surface area contributed by atoms with Crippen LogP contribution in [0.25, 0.3) is 0 Å². The molecule has 1 aliphatic heterocycles. The zero-order valence-electron chi connectivity index (χ0n) is 17.3. The Morgan fingerprint density at radius 1 is 1.03 bits per heavy atom. The Hall–Kier alpha value is -2.22. The molecule has 1 saturated carbocycles. The molecular formula is C23H28N2O4S. The summed E-state index contributed by atoms with van der Waals surface area (Å²) in [5, 5.41) is 3.12. The maximum absolute atomic E-state index is 13.2.